The minimum atomic E-state index is -0.779. The SMILES string of the molecule is COC(=O)[C@@H](C)NC(=O)c1cc(Cl)c(N)cc1OC. The molecule has 104 valence electrons. The van der Waals surface area contributed by atoms with Crippen LogP contribution in [-0.4, -0.2) is 32.1 Å². The summed E-state index contributed by atoms with van der Waals surface area (Å²) in [6.07, 6.45) is 0. The van der Waals surface area contributed by atoms with Crippen molar-refractivity contribution in [2.24, 2.45) is 0 Å². The van der Waals surface area contributed by atoms with Gasteiger partial charge in [0, 0.05) is 6.07 Å². The van der Waals surface area contributed by atoms with E-state index in [2.05, 4.69) is 10.1 Å². The van der Waals surface area contributed by atoms with Gasteiger partial charge in [-0.15, -0.1) is 0 Å². The fraction of sp³-hybridized carbons (Fsp3) is 0.333. The predicted molar refractivity (Wildman–Crippen MR) is 71.4 cm³/mol. The molecular formula is C12H15ClN2O4. The van der Waals surface area contributed by atoms with Gasteiger partial charge in [0.25, 0.3) is 5.91 Å². The molecular weight excluding hydrogens is 272 g/mol. The summed E-state index contributed by atoms with van der Waals surface area (Å²) in [5.74, 6) is -0.776. The molecule has 0 bridgehead atoms. The Balaban J connectivity index is 2.99. The Hall–Kier alpha value is -1.95. The molecule has 1 aromatic carbocycles. The van der Waals surface area contributed by atoms with Crippen LogP contribution >= 0.6 is 11.6 Å². The van der Waals surface area contributed by atoms with Gasteiger partial charge in [-0.3, -0.25) is 4.79 Å². The number of hydrogen-bond donors (Lipinski definition) is 2. The van der Waals surface area contributed by atoms with E-state index in [9.17, 15) is 9.59 Å². The van der Waals surface area contributed by atoms with E-state index in [0.29, 0.717) is 5.69 Å². The van der Waals surface area contributed by atoms with E-state index in [1.54, 1.807) is 0 Å². The molecule has 7 heteroatoms. The van der Waals surface area contributed by atoms with Gasteiger partial charge in [-0.25, -0.2) is 4.79 Å². The van der Waals surface area contributed by atoms with Crippen molar-refractivity contribution in [3.05, 3.63) is 22.7 Å². The van der Waals surface area contributed by atoms with E-state index in [4.69, 9.17) is 22.1 Å². The number of benzene rings is 1. The lowest BCUT2D eigenvalue weighted by atomic mass is 10.1. The van der Waals surface area contributed by atoms with Crippen molar-refractivity contribution in [3.8, 4) is 5.75 Å². The number of ether oxygens (including phenoxy) is 2. The van der Waals surface area contributed by atoms with Gasteiger partial charge < -0.3 is 20.5 Å². The first kappa shape index (κ1) is 15.1. The van der Waals surface area contributed by atoms with E-state index < -0.39 is 17.9 Å². The fourth-order valence-corrected chi connectivity index (χ4v) is 1.59. The number of methoxy groups -OCH3 is 2. The average Bonchev–Trinajstić information content (AvgIpc) is 2.39. The Morgan fingerprint density at radius 1 is 1.37 bits per heavy atom. The molecule has 0 saturated carbocycles. The molecule has 1 atom stereocenters. The van der Waals surface area contributed by atoms with Gasteiger partial charge in [-0.2, -0.15) is 0 Å². The zero-order valence-corrected chi connectivity index (χ0v) is 11.6. The molecule has 0 heterocycles. The van der Waals surface area contributed by atoms with Crippen LogP contribution in [0.4, 0.5) is 5.69 Å². The third-order valence-electron chi connectivity index (χ3n) is 2.47. The molecule has 6 nitrogen and oxygen atoms in total. The molecule has 0 aliphatic heterocycles. The summed E-state index contributed by atoms with van der Waals surface area (Å²) in [5, 5.41) is 2.71. The van der Waals surface area contributed by atoms with Gasteiger partial charge >= 0.3 is 5.97 Å². The van der Waals surface area contributed by atoms with E-state index in [0.717, 1.165) is 0 Å². The Labute approximate surface area is 115 Å². The number of carbonyl (C=O) groups is 2. The van der Waals surface area contributed by atoms with E-state index in [-0.39, 0.29) is 16.3 Å². The zero-order chi connectivity index (χ0) is 14.6. The molecule has 0 aliphatic rings. The normalized spacial score (nSPS) is 11.6. The first-order valence-corrected chi connectivity index (χ1v) is 5.80. The predicted octanol–water partition coefficient (Wildman–Crippen LogP) is 1.22. The summed E-state index contributed by atoms with van der Waals surface area (Å²) in [6, 6.07) is 2.05. The molecule has 0 saturated heterocycles. The van der Waals surface area contributed by atoms with Crippen molar-refractivity contribution >= 4 is 29.2 Å². The Kier molecular flexibility index (Phi) is 5.00. The van der Waals surface area contributed by atoms with Crippen LogP contribution in [0.3, 0.4) is 0 Å². The number of carbonyl (C=O) groups excluding carboxylic acids is 2. The largest absolute Gasteiger partial charge is 0.496 e. The lowest BCUT2D eigenvalue weighted by Crippen LogP contribution is -2.39. The summed E-state index contributed by atoms with van der Waals surface area (Å²) in [7, 11) is 2.65. The third-order valence-corrected chi connectivity index (χ3v) is 2.79. The van der Waals surface area contributed by atoms with Crippen LogP contribution in [0, 0.1) is 0 Å². The molecule has 0 radical (unpaired) electrons. The van der Waals surface area contributed by atoms with Gasteiger partial charge in [0.1, 0.15) is 11.8 Å². The second-order valence-electron chi connectivity index (χ2n) is 3.79. The molecule has 1 amide bonds. The fourth-order valence-electron chi connectivity index (χ4n) is 1.43. The maximum absolute atomic E-state index is 12.0. The van der Waals surface area contributed by atoms with Crippen molar-refractivity contribution < 1.29 is 19.1 Å². The number of esters is 1. The molecule has 1 aromatic rings. The average molecular weight is 287 g/mol. The van der Waals surface area contributed by atoms with Gasteiger partial charge in [-0.1, -0.05) is 11.6 Å². The Bertz CT molecular complexity index is 505. The highest BCUT2D eigenvalue weighted by molar-refractivity contribution is 6.33. The van der Waals surface area contributed by atoms with Crippen LogP contribution in [0.15, 0.2) is 12.1 Å². The molecule has 1 rings (SSSR count). The van der Waals surface area contributed by atoms with Gasteiger partial charge in [0.15, 0.2) is 0 Å². The van der Waals surface area contributed by atoms with Crippen molar-refractivity contribution in [3.63, 3.8) is 0 Å². The topological polar surface area (TPSA) is 90.7 Å². The third kappa shape index (κ3) is 3.51. The van der Waals surface area contributed by atoms with E-state index in [1.807, 2.05) is 0 Å². The quantitative estimate of drug-likeness (QED) is 0.641. The summed E-state index contributed by atoms with van der Waals surface area (Å²) < 4.78 is 9.57. The lowest BCUT2D eigenvalue weighted by molar-refractivity contribution is -0.142. The number of hydrogen-bond acceptors (Lipinski definition) is 5. The minimum absolute atomic E-state index is 0.192. The van der Waals surface area contributed by atoms with Crippen LogP contribution in [0.1, 0.15) is 17.3 Å². The Morgan fingerprint density at radius 3 is 2.53 bits per heavy atom. The van der Waals surface area contributed by atoms with Crippen LogP contribution in [0.5, 0.6) is 5.75 Å². The first-order chi connectivity index (χ1) is 8.90. The van der Waals surface area contributed by atoms with Crippen LogP contribution in [-0.2, 0) is 9.53 Å². The van der Waals surface area contributed by atoms with Gasteiger partial charge in [-0.05, 0) is 13.0 Å². The lowest BCUT2D eigenvalue weighted by Gasteiger charge is -2.14. The second kappa shape index (κ2) is 6.29. The monoisotopic (exact) mass is 286 g/mol. The molecule has 0 fully saturated rings. The molecule has 0 aromatic heterocycles. The maximum atomic E-state index is 12.0. The summed E-state index contributed by atoms with van der Waals surface area (Å²) in [4.78, 5) is 23.3. The van der Waals surface area contributed by atoms with Crippen molar-refractivity contribution in [1.82, 2.24) is 5.32 Å². The number of rotatable bonds is 4. The highest BCUT2D eigenvalue weighted by Crippen LogP contribution is 2.28. The number of nitrogen functional groups attached to an aromatic ring is 1. The minimum Gasteiger partial charge on any atom is -0.496 e. The number of halogens is 1. The maximum Gasteiger partial charge on any atom is 0.328 e. The second-order valence-corrected chi connectivity index (χ2v) is 4.20. The molecule has 0 unspecified atom stereocenters. The zero-order valence-electron chi connectivity index (χ0n) is 10.8. The molecule has 19 heavy (non-hydrogen) atoms. The van der Waals surface area contributed by atoms with Gasteiger partial charge in [0.2, 0.25) is 0 Å². The van der Waals surface area contributed by atoms with Crippen LogP contribution < -0.4 is 15.8 Å². The highest BCUT2D eigenvalue weighted by atomic mass is 35.5. The molecule has 0 spiro atoms. The Morgan fingerprint density at radius 2 is 2.00 bits per heavy atom. The van der Waals surface area contributed by atoms with Crippen molar-refractivity contribution in [2.75, 3.05) is 20.0 Å². The van der Waals surface area contributed by atoms with Crippen molar-refractivity contribution in [2.45, 2.75) is 13.0 Å². The van der Waals surface area contributed by atoms with Crippen LogP contribution in [0.25, 0.3) is 0 Å². The first-order valence-electron chi connectivity index (χ1n) is 5.42. The molecule has 3 N–H and O–H groups in total. The van der Waals surface area contributed by atoms with Gasteiger partial charge in [0.05, 0.1) is 30.5 Å². The number of nitrogens with one attached hydrogen (secondary N) is 1. The smallest absolute Gasteiger partial charge is 0.328 e. The number of anilines is 1. The highest BCUT2D eigenvalue weighted by Gasteiger charge is 2.20. The molecule has 0 aliphatic carbocycles. The van der Waals surface area contributed by atoms with Crippen molar-refractivity contribution in [1.29, 1.82) is 0 Å². The standard InChI is InChI=1S/C12H15ClN2O4/c1-6(12(17)19-3)15-11(16)7-4-8(13)9(14)5-10(7)18-2/h4-6H,14H2,1-3H3,(H,15,16)/t6-/m1/s1. The van der Waals surface area contributed by atoms with Crippen LogP contribution in [0.2, 0.25) is 5.02 Å². The number of nitrogens with two attached hydrogens (primary N) is 1. The number of amides is 1. The summed E-state index contributed by atoms with van der Waals surface area (Å²) in [5.41, 5.74) is 6.11. The van der Waals surface area contributed by atoms with E-state index in [1.165, 1.54) is 33.3 Å². The van der Waals surface area contributed by atoms with E-state index >= 15 is 0 Å². The summed E-state index contributed by atoms with van der Waals surface area (Å²) >= 11 is 5.86. The summed E-state index contributed by atoms with van der Waals surface area (Å²) in [6.45, 7) is 1.51.